The van der Waals surface area contributed by atoms with E-state index in [1.54, 1.807) is 0 Å². The van der Waals surface area contributed by atoms with E-state index >= 15 is 0 Å². The van der Waals surface area contributed by atoms with Gasteiger partial charge in [-0.1, -0.05) is 259 Å². The van der Waals surface area contributed by atoms with E-state index in [0.29, 0.717) is 17.4 Å². The molecule has 0 aliphatic rings. The van der Waals surface area contributed by atoms with Crippen LogP contribution < -0.4 is 0 Å². The average Bonchev–Trinajstić information content (AvgIpc) is 3.41. The van der Waals surface area contributed by atoms with Gasteiger partial charge in [-0.15, -0.1) is 0 Å². The fraction of sp³-hybridized carbons (Fsp3) is 0.735. The van der Waals surface area contributed by atoms with Crippen LogP contribution in [0.1, 0.15) is 271 Å². The van der Waals surface area contributed by atoms with E-state index in [0.717, 1.165) is 83.5 Å². The Hall–Kier alpha value is -3.07. The summed E-state index contributed by atoms with van der Waals surface area (Å²) in [4.78, 5) is 35.8. The summed E-state index contributed by atoms with van der Waals surface area (Å²) in [6.45, 7) is 4.31. The summed E-state index contributed by atoms with van der Waals surface area (Å²) in [6.07, 6.45) is 80.6. The quantitative estimate of drug-likeness (QED) is 0.0211. The summed E-state index contributed by atoms with van der Waals surface area (Å²) in [5.74, 6) is -0.798. The standard InChI is InChI=1S/C68H120NO8P/c1-6-8-10-12-14-16-18-20-22-24-26-27-28-29-30-31-32-33-34-35-36-37-38-39-40-41-43-45-47-49-51-53-55-57-59-61-68(71)77-66(65-76-78(72,73)75-63-62-69(3,4)5)64-74-67(70)60-58-56-54-52-50-48-46-44-42-25-23-21-19-17-15-13-11-9-7-2/h8,10,14-17,20-23,26-27,29-30,32-33,66H,6-7,9,11-13,18-19,24-25,28,31,34-65H2,1-5H3/p+1/b10-8-,16-14-,17-15-,22-20-,23-21-,27-26-,30-29-,33-32-. The molecule has 0 rings (SSSR count). The minimum absolute atomic E-state index is 0.0285. The van der Waals surface area contributed by atoms with E-state index in [1.165, 1.54) is 154 Å². The Kier molecular flexibility index (Phi) is 56.3. The zero-order chi connectivity index (χ0) is 57.0. The highest BCUT2D eigenvalue weighted by Crippen LogP contribution is 2.43. The minimum atomic E-state index is -4.39. The molecule has 2 unspecified atom stereocenters. The molecule has 0 spiro atoms. The number of unbranched alkanes of at least 4 members (excludes halogenated alkanes) is 28. The number of allylic oxidation sites excluding steroid dienone is 16. The van der Waals surface area contributed by atoms with Crippen LogP contribution >= 0.6 is 7.82 Å². The maximum Gasteiger partial charge on any atom is 0.472 e. The summed E-state index contributed by atoms with van der Waals surface area (Å²) in [7, 11) is 1.47. The van der Waals surface area contributed by atoms with Crippen molar-refractivity contribution in [1.82, 2.24) is 0 Å². The number of hydrogen-bond donors (Lipinski definition) is 1. The van der Waals surface area contributed by atoms with E-state index in [2.05, 4.69) is 111 Å². The Morgan fingerprint density at radius 3 is 1.09 bits per heavy atom. The molecule has 0 aromatic heterocycles. The normalized spacial score (nSPS) is 13.9. The van der Waals surface area contributed by atoms with E-state index < -0.39 is 26.5 Å². The largest absolute Gasteiger partial charge is 0.472 e. The number of carbonyl (C=O) groups excluding carboxylic acids is 2. The van der Waals surface area contributed by atoms with Crippen molar-refractivity contribution in [2.45, 2.75) is 277 Å². The molecule has 0 fully saturated rings. The fourth-order valence-corrected chi connectivity index (χ4v) is 9.44. The number of hydrogen-bond acceptors (Lipinski definition) is 7. The first-order valence-electron chi connectivity index (χ1n) is 32.0. The number of esters is 2. The van der Waals surface area contributed by atoms with E-state index in [9.17, 15) is 19.0 Å². The number of carbonyl (C=O) groups is 2. The van der Waals surface area contributed by atoms with Crippen molar-refractivity contribution in [3.63, 3.8) is 0 Å². The molecule has 2 atom stereocenters. The van der Waals surface area contributed by atoms with Crippen molar-refractivity contribution in [1.29, 1.82) is 0 Å². The lowest BCUT2D eigenvalue weighted by molar-refractivity contribution is -0.870. The molecule has 0 aromatic carbocycles. The number of nitrogens with zero attached hydrogens (tertiary/aromatic N) is 1. The van der Waals surface area contributed by atoms with Crippen molar-refractivity contribution in [2.75, 3.05) is 47.5 Å². The third kappa shape index (κ3) is 62.1. The number of phosphoric acid groups is 1. The lowest BCUT2D eigenvalue weighted by Gasteiger charge is -2.24. The molecule has 0 amide bonds. The summed E-state index contributed by atoms with van der Waals surface area (Å²) in [5.41, 5.74) is 0. The monoisotopic (exact) mass is 1110 g/mol. The molecule has 0 aliphatic heterocycles. The fourth-order valence-electron chi connectivity index (χ4n) is 8.70. The second-order valence-electron chi connectivity index (χ2n) is 22.4. The maximum atomic E-state index is 12.8. The van der Waals surface area contributed by atoms with Crippen LogP contribution in [0.25, 0.3) is 0 Å². The van der Waals surface area contributed by atoms with Gasteiger partial charge in [-0.05, 0) is 96.3 Å². The topological polar surface area (TPSA) is 108 Å². The Bertz CT molecular complexity index is 1640. The van der Waals surface area contributed by atoms with E-state index in [4.69, 9.17) is 18.5 Å². The van der Waals surface area contributed by atoms with Crippen LogP contribution in [-0.2, 0) is 32.7 Å². The van der Waals surface area contributed by atoms with Gasteiger partial charge in [0.2, 0.25) is 0 Å². The first kappa shape index (κ1) is 74.9. The smallest absolute Gasteiger partial charge is 0.462 e. The Balaban J connectivity index is 4.06. The first-order chi connectivity index (χ1) is 38.0. The van der Waals surface area contributed by atoms with Gasteiger partial charge in [0, 0.05) is 12.8 Å². The van der Waals surface area contributed by atoms with Crippen LogP contribution in [0.2, 0.25) is 0 Å². The second kappa shape index (κ2) is 58.6. The molecule has 0 radical (unpaired) electrons. The van der Waals surface area contributed by atoms with E-state index in [1.807, 2.05) is 21.1 Å². The predicted octanol–water partition coefficient (Wildman–Crippen LogP) is 20.4. The molecule has 1 N–H and O–H groups in total. The predicted molar refractivity (Wildman–Crippen MR) is 335 cm³/mol. The van der Waals surface area contributed by atoms with Crippen LogP contribution in [0.4, 0.5) is 0 Å². The molecule has 78 heavy (non-hydrogen) atoms. The van der Waals surface area contributed by atoms with Gasteiger partial charge >= 0.3 is 19.8 Å². The molecule has 0 bridgehead atoms. The Labute approximate surface area is 481 Å². The number of phosphoric ester groups is 1. The molecule has 0 saturated carbocycles. The van der Waals surface area contributed by atoms with Gasteiger partial charge in [0.1, 0.15) is 19.8 Å². The molecule has 10 heteroatoms. The second-order valence-corrected chi connectivity index (χ2v) is 23.9. The molecule has 450 valence electrons. The lowest BCUT2D eigenvalue weighted by Crippen LogP contribution is -2.37. The first-order valence-corrected chi connectivity index (χ1v) is 33.5. The minimum Gasteiger partial charge on any atom is -0.462 e. The van der Waals surface area contributed by atoms with Gasteiger partial charge in [0.05, 0.1) is 27.7 Å². The number of rotatable bonds is 58. The molecule has 0 heterocycles. The van der Waals surface area contributed by atoms with Crippen molar-refractivity contribution >= 4 is 19.8 Å². The molecular formula is C68H121NO8P+. The van der Waals surface area contributed by atoms with Crippen molar-refractivity contribution in [2.24, 2.45) is 0 Å². The number of ether oxygens (including phenoxy) is 2. The average molecular weight is 1110 g/mol. The zero-order valence-corrected chi connectivity index (χ0v) is 52.0. The summed E-state index contributed by atoms with van der Waals surface area (Å²) in [5, 5.41) is 0. The lowest BCUT2D eigenvalue weighted by atomic mass is 10.0. The molecule has 0 saturated heterocycles. The van der Waals surface area contributed by atoms with Crippen molar-refractivity contribution < 1.29 is 42.1 Å². The molecule has 0 aromatic rings. The third-order valence-corrected chi connectivity index (χ3v) is 14.6. The Morgan fingerprint density at radius 2 is 0.731 bits per heavy atom. The maximum absolute atomic E-state index is 12.8. The molecule has 9 nitrogen and oxygen atoms in total. The summed E-state index contributed by atoms with van der Waals surface area (Å²) >= 11 is 0. The van der Waals surface area contributed by atoms with Gasteiger partial charge in [0.15, 0.2) is 6.10 Å². The molecule has 0 aliphatic carbocycles. The van der Waals surface area contributed by atoms with Crippen LogP contribution in [-0.4, -0.2) is 74.9 Å². The van der Waals surface area contributed by atoms with Gasteiger partial charge in [-0.25, -0.2) is 4.57 Å². The van der Waals surface area contributed by atoms with Gasteiger partial charge in [-0.2, -0.15) is 0 Å². The highest BCUT2D eigenvalue weighted by molar-refractivity contribution is 7.47. The highest BCUT2D eigenvalue weighted by atomic mass is 31.2. The van der Waals surface area contributed by atoms with Crippen LogP contribution in [0, 0.1) is 0 Å². The number of likely N-dealkylation sites (N-methyl/N-ethyl adjacent to an activating group) is 1. The van der Waals surface area contributed by atoms with Crippen LogP contribution in [0.15, 0.2) is 97.2 Å². The highest BCUT2D eigenvalue weighted by Gasteiger charge is 2.27. The SMILES string of the molecule is CC/C=C\C/C=C\C/C=C\C/C=C\C/C=C\C/C=C\CCCCCCCCCCCCCCCCCCC(=O)OC(COC(=O)CCCCCCCCCCC/C=C\C/C=C\CCCCC)COP(=O)(O)OCC[N+](C)(C)C. The summed E-state index contributed by atoms with van der Waals surface area (Å²) in [6, 6.07) is 0. The van der Waals surface area contributed by atoms with Crippen molar-refractivity contribution in [3.8, 4) is 0 Å². The summed E-state index contributed by atoms with van der Waals surface area (Å²) < 4.78 is 34.6. The molecular weight excluding hydrogens is 990 g/mol. The zero-order valence-electron chi connectivity index (χ0n) is 51.1. The Morgan fingerprint density at radius 1 is 0.410 bits per heavy atom. The third-order valence-electron chi connectivity index (χ3n) is 13.6. The van der Waals surface area contributed by atoms with Crippen LogP contribution in [0.5, 0.6) is 0 Å². The van der Waals surface area contributed by atoms with Crippen molar-refractivity contribution in [3.05, 3.63) is 97.2 Å². The van der Waals surface area contributed by atoms with Crippen LogP contribution in [0.3, 0.4) is 0 Å². The van der Waals surface area contributed by atoms with E-state index in [-0.39, 0.29) is 32.0 Å². The number of quaternary nitrogens is 1. The van der Waals surface area contributed by atoms with Gasteiger partial charge in [-0.3, -0.25) is 18.6 Å². The van der Waals surface area contributed by atoms with Gasteiger partial charge < -0.3 is 18.9 Å². The van der Waals surface area contributed by atoms with Gasteiger partial charge in [0.25, 0.3) is 0 Å².